The van der Waals surface area contributed by atoms with Gasteiger partial charge in [0.05, 0.1) is 0 Å². The number of carbonyl (C=O) groups is 1. The zero-order valence-electron chi connectivity index (χ0n) is 6.84. The highest BCUT2D eigenvalue weighted by molar-refractivity contribution is 6.69. The van der Waals surface area contributed by atoms with E-state index in [4.69, 9.17) is 9.53 Å². The molecule has 60 valence electrons. The highest BCUT2D eigenvalue weighted by atomic mass is 28.4. The smallest absolute Gasteiger partial charge is 0.331 e. The standard InChI is InChI=1S/C6H14O3Si/c1-5(6(7)8)9-10(2,3)4/h5H,1-4H3,(H,7,8). The van der Waals surface area contributed by atoms with Crippen LogP contribution in [0.3, 0.4) is 0 Å². The summed E-state index contributed by atoms with van der Waals surface area (Å²) < 4.78 is 5.24. The molecule has 0 spiro atoms. The van der Waals surface area contributed by atoms with Gasteiger partial charge in [0.25, 0.3) is 0 Å². The Morgan fingerprint density at radius 3 is 2.00 bits per heavy atom. The fourth-order valence-corrected chi connectivity index (χ4v) is 1.74. The summed E-state index contributed by atoms with van der Waals surface area (Å²) in [4.78, 5) is 10.3. The second-order valence-corrected chi connectivity index (χ2v) is 7.67. The van der Waals surface area contributed by atoms with E-state index in [1.807, 2.05) is 19.6 Å². The van der Waals surface area contributed by atoms with Gasteiger partial charge < -0.3 is 9.53 Å². The molecule has 0 rings (SSSR count). The first-order valence-electron chi connectivity index (χ1n) is 3.23. The van der Waals surface area contributed by atoms with Crippen molar-refractivity contribution in [2.24, 2.45) is 0 Å². The molecule has 0 aromatic heterocycles. The summed E-state index contributed by atoms with van der Waals surface area (Å²) in [5.74, 6) is -0.887. The number of rotatable bonds is 3. The van der Waals surface area contributed by atoms with Crippen LogP contribution in [-0.2, 0) is 9.22 Å². The molecule has 0 radical (unpaired) electrons. The molecule has 0 aromatic rings. The highest BCUT2D eigenvalue weighted by Crippen LogP contribution is 2.06. The van der Waals surface area contributed by atoms with Crippen LogP contribution in [0.2, 0.25) is 19.6 Å². The Bertz CT molecular complexity index is 127. The Hall–Kier alpha value is -0.353. The number of aliphatic carboxylic acids is 1. The molecule has 0 aliphatic rings. The van der Waals surface area contributed by atoms with Crippen LogP contribution in [0.15, 0.2) is 0 Å². The molecular weight excluding hydrogens is 148 g/mol. The van der Waals surface area contributed by atoms with Crippen LogP contribution in [0.4, 0.5) is 0 Å². The monoisotopic (exact) mass is 162 g/mol. The van der Waals surface area contributed by atoms with Gasteiger partial charge in [-0.1, -0.05) is 0 Å². The van der Waals surface area contributed by atoms with Crippen molar-refractivity contribution in [1.82, 2.24) is 0 Å². The molecule has 0 aromatic carbocycles. The summed E-state index contributed by atoms with van der Waals surface area (Å²) in [7, 11) is -1.66. The third-order valence-corrected chi connectivity index (χ3v) is 1.94. The van der Waals surface area contributed by atoms with Crippen LogP contribution < -0.4 is 0 Å². The minimum absolute atomic E-state index is 0.660. The predicted octanol–water partition coefficient (Wildman–Crippen LogP) is 1.31. The Balaban J connectivity index is 3.80. The fourth-order valence-electron chi connectivity index (χ4n) is 0.581. The van der Waals surface area contributed by atoms with Gasteiger partial charge in [-0.05, 0) is 26.6 Å². The van der Waals surface area contributed by atoms with Crippen LogP contribution in [0.1, 0.15) is 6.92 Å². The first-order valence-corrected chi connectivity index (χ1v) is 6.64. The second-order valence-electron chi connectivity index (χ2n) is 3.21. The maximum atomic E-state index is 10.3. The SMILES string of the molecule is CC(O[Si](C)(C)C)C(=O)O. The van der Waals surface area contributed by atoms with Crippen molar-refractivity contribution >= 4 is 14.3 Å². The van der Waals surface area contributed by atoms with Crippen molar-refractivity contribution in [2.45, 2.75) is 32.7 Å². The molecule has 0 bridgehead atoms. The molecule has 1 atom stereocenters. The van der Waals surface area contributed by atoms with Crippen LogP contribution in [0, 0.1) is 0 Å². The molecule has 3 nitrogen and oxygen atoms in total. The van der Waals surface area contributed by atoms with Crippen molar-refractivity contribution in [1.29, 1.82) is 0 Å². The van der Waals surface area contributed by atoms with Crippen molar-refractivity contribution in [3.05, 3.63) is 0 Å². The van der Waals surface area contributed by atoms with Gasteiger partial charge in [-0.15, -0.1) is 0 Å². The lowest BCUT2D eigenvalue weighted by Gasteiger charge is -2.20. The molecule has 1 N–H and O–H groups in total. The first kappa shape index (κ1) is 9.65. The Morgan fingerprint density at radius 2 is 1.90 bits per heavy atom. The topological polar surface area (TPSA) is 46.5 Å². The molecule has 0 fully saturated rings. The molecule has 10 heavy (non-hydrogen) atoms. The summed E-state index contributed by atoms with van der Waals surface area (Å²) >= 11 is 0. The summed E-state index contributed by atoms with van der Waals surface area (Å²) in [5.41, 5.74) is 0. The minimum atomic E-state index is -1.66. The molecule has 0 saturated heterocycles. The summed E-state index contributed by atoms with van der Waals surface area (Å²) in [6, 6.07) is 0. The van der Waals surface area contributed by atoms with Gasteiger partial charge in [0.2, 0.25) is 0 Å². The Morgan fingerprint density at radius 1 is 1.50 bits per heavy atom. The maximum Gasteiger partial charge on any atom is 0.331 e. The number of carboxylic acids is 1. The Kier molecular flexibility index (Phi) is 3.05. The average molecular weight is 162 g/mol. The normalized spacial score (nSPS) is 14.8. The van der Waals surface area contributed by atoms with Crippen LogP contribution in [0.5, 0.6) is 0 Å². The second kappa shape index (κ2) is 3.16. The van der Waals surface area contributed by atoms with E-state index in [0.29, 0.717) is 0 Å². The average Bonchev–Trinajstić information content (AvgIpc) is 1.60. The van der Waals surface area contributed by atoms with E-state index >= 15 is 0 Å². The molecule has 4 heteroatoms. The van der Waals surface area contributed by atoms with Gasteiger partial charge >= 0.3 is 5.97 Å². The molecule has 1 unspecified atom stereocenters. The zero-order chi connectivity index (χ0) is 8.36. The molecule has 0 heterocycles. The first-order chi connectivity index (χ1) is 4.33. The van der Waals surface area contributed by atoms with Crippen LogP contribution >= 0.6 is 0 Å². The van der Waals surface area contributed by atoms with Gasteiger partial charge in [0.1, 0.15) is 6.10 Å². The summed E-state index contributed by atoms with van der Waals surface area (Å²) in [5, 5.41) is 8.44. The quantitative estimate of drug-likeness (QED) is 0.636. The lowest BCUT2D eigenvalue weighted by Crippen LogP contribution is -2.34. The van der Waals surface area contributed by atoms with Gasteiger partial charge in [0, 0.05) is 0 Å². The van der Waals surface area contributed by atoms with Gasteiger partial charge in [0.15, 0.2) is 8.32 Å². The van der Waals surface area contributed by atoms with Crippen molar-refractivity contribution in [2.75, 3.05) is 0 Å². The summed E-state index contributed by atoms with van der Waals surface area (Å²) in [6.07, 6.45) is -0.660. The predicted molar refractivity (Wildman–Crippen MR) is 41.5 cm³/mol. The van der Waals surface area contributed by atoms with E-state index in [9.17, 15) is 4.79 Å². The van der Waals surface area contributed by atoms with E-state index < -0.39 is 20.4 Å². The molecule has 0 aliphatic heterocycles. The lowest BCUT2D eigenvalue weighted by atomic mass is 10.4. The van der Waals surface area contributed by atoms with E-state index in [1.165, 1.54) is 0 Å². The third-order valence-electron chi connectivity index (χ3n) is 0.878. The van der Waals surface area contributed by atoms with Crippen LogP contribution in [-0.4, -0.2) is 25.5 Å². The number of hydrogen-bond acceptors (Lipinski definition) is 2. The fraction of sp³-hybridized carbons (Fsp3) is 0.833. The minimum Gasteiger partial charge on any atom is -0.479 e. The largest absolute Gasteiger partial charge is 0.479 e. The van der Waals surface area contributed by atoms with Gasteiger partial charge in [-0.3, -0.25) is 0 Å². The van der Waals surface area contributed by atoms with E-state index in [0.717, 1.165) is 0 Å². The highest BCUT2D eigenvalue weighted by Gasteiger charge is 2.21. The van der Waals surface area contributed by atoms with Gasteiger partial charge in [-0.2, -0.15) is 0 Å². The molecule has 0 saturated carbocycles. The molecule has 0 aliphatic carbocycles. The number of hydrogen-bond donors (Lipinski definition) is 1. The molecular formula is C6H14O3Si. The Labute approximate surface area is 62.1 Å². The van der Waals surface area contributed by atoms with Crippen LogP contribution in [0.25, 0.3) is 0 Å². The number of carboxylic acid groups (broad SMARTS) is 1. The van der Waals surface area contributed by atoms with Crippen molar-refractivity contribution < 1.29 is 14.3 Å². The third kappa shape index (κ3) is 4.52. The van der Waals surface area contributed by atoms with E-state index in [1.54, 1.807) is 6.92 Å². The van der Waals surface area contributed by atoms with Crippen molar-refractivity contribution in [3.8, 4) is 0 Å². The van der Waals surface area contributed by atoms with E-state index in [-0.39, 0.29) is 0 Å². The lowest BCUT2D eigenvalue weighted by molar-refractivity contribution is -0.144. The summed E-state index contributed by atoms with van der Waals surface area (Å²) in [6.45, 7) is 7.45. The molecule has 0 amide bonds. The zero-order valence-corrected chi connectivity index (χ0v) is 7.84. The van der Waals surface area contributed by atoms with Crippen molar-refractivity contribution in [3.63, 3.8) is 0 Å². The van der Waals surface area contributed by atoms with E-state index in [2.05, 4.69) is 0 Å². The maximum absolute atomic E-state index is 10.3. The van der Waals surface area contributed by atoms with Gasteiger partial charge in [-0.25, -0.2) is 4.79 Å².